The first-order chi connectivity index (χ1) is 14.3. The van der Waals surface area contributed by atoms with Crippen LogP contribution in [0.5, 0.6) is 0 Å². The Hall–Kier alpha value is -3.22. The Labute approximate surface area is 179 Å². The Morgan fingerprint density at radius 1 is 0.871 bits per heavy atom. The lowest BCUT2D eigenvalue weighted by Gasteiger charge is -2.21. The largest absolute Gasteiger partial charge is 0.481 e. The van der Waals surface area contributed by atoms with Crippen LogP contribution in [0.4, 0.5) is 0 Å². The van der Waals surface area contributed by atoms with Crippen molar-refractivity contribution in [1.29, 1.82) is 0 Å². The predicted octanol–water partition coefficient (Wildman–Crippen LogP) is -2.34. The molecule has 0 aliphatic rings. The van der Waals surface area contributed by atoms with E-state index in [1.165, 1.54) is 0 Å². The number of nitrogens with one attached hydrogen (secondary N) is 3. The molecule has 0 rings (SSSR count). The van der Waals surface area contributed by atoms with Gasteiger partial charge in [-0.25, -0.2) is 4.79 Å². The molecule has 0 saturated heterocycles. The lowest BCUT2D eigenvalue weighted by molar-refractivity contribution is -0.143. The van der Waals surface area contributed by atoms with Gasteiger partial charge in [-0.3, -0.25) is 24.0 Å². The summed E-state index contributed by atoms with van der Waals surface area (Å²) >= 11 is 0. The lowest BCUT2D eigenvalue weighted by atomic mass is 10.0. The van der Waals surface area contributed by atoms with Crippen molar-refractivity contribution in [1.82, 2.24) is 16.0 Å². The molecule has 0 aromatic rings. The third-order valence-electron chi connectivity index (χ3n) is 4.08. The Morgan fingerprint density at radius 2 is 1.45 bits per heavy atom. The van der Waals surface area contributed by atoms with Crippen LogP contribution in [0.15, 0.2) is 0 Å². The van der Waals surface area contributed by atoms with Gasteiger partial charge >= 0.3 is 11.9 Å². The fourth-order valence-electron chi connectivity index (χ4n) is 2.51. The molecule has 13 nitrogen and oxygen atoms in total. The molecule has 0 aromatic heterocycles. The number of carbonyl (C=O) groups excluding carboxylic acids is 4. The van der Waals surface area contributed by atoms with Crippen molar-refractivity contribution in [2.45, 2.75) is 64.1 Å². The van der Waals surface area contributed by atoms with Crippen molar-refractivity contribution in [3.63, 3.8) is 0 Å². The summed E-state index contributed by atoms with van der Waals surface area (Å²) in [6, 6.07) is -3.51. The summed E-state index contributed by atoms with van der Waals surface area (Å²) in [6.45, 7) is 3.10. The second kappa shape index (κ2) is 13.9. The first kappa shape index (κ1) is 27.8. The van der Waals surface area contributed by atoms with E-state index in [1.54, 1.807) is 0 Å². The SMILES string of the molecule is CC(C)C[C@H](N)C(=O)N[C@@H](CCC(N)=O)C(=O)NCC(=O)N[C@@H](CCC(=O)O)C(=O)O. The van der Waals surface area contributed by atoms with Crippen molar-refractivity contribution in [2.24, 2.45) is 17.4 Å². The maximum absolute atomic E-state index is 12.4. The van der Waals surface area contributed by atoms with Crippen LogP contribution in [0.2, 0.25) is 0 Å². The molecule has 4 amide bonds. The molecule has 0 saturated carbocycles. The molecule has 176 valence electrons. The molecule has 0 unspecified atom stereocenters. The average Bonchev–Trinajstić information content (AvgIpc) is 2.64. The number of hydrogen-bond acceptors (Lipinski definition) is 7. The zero-order chi connectivity index (χ0) is 24.1. The second-order valence-electron chi connectivity index (χ2n) is 7.41. The minimum absolute atomic E-state index is 0.126. The molecule has 0 fully saturated rings. The van der Waals surface area contributed by atoms with Gasteiger partial charge in [0.05, 0.1) is 12.6 Å². The number of nitrogens with two attached hydrogens (primary N) is 2. The zero-order valence-corrected chi connectivity index (χ0v) is 17.6. The lowest BCUT2D eigenvalue weighted by Crippen LogP contribution is -2.53. The summed E-state index contributed by atoms with van der Waals surface area (Å²) in [4.78, 5) is 69.2. The van der Waals surface area contributed by atoms with E-state index in [9.17, 15) is 28.8 Å². The van der Waals surface area contributed by atoms with Gasteiger partial charge in [0.2, 0.25) is 23.6 Å². The molecule has 0 spiro atoms. The van der Waals surface area contributed by atoms with Gasteiger partial charge in [-0.1, -0.05) is 13.8 Å². The quantitative estimate of drug-likeness (QED) is 0.143. The number of carbonyl (C=O) groups is 6. The van der Waals surface area contributed by atoms with E-state index in [-0.39, 0.29) is 25.2 Å². The number of rotatable bonds is 15. The number of primary amides is 1. The molecule has 0 aliphatic carbocycles. The van der Waals surface area contributed by atoms with Crippen LogP contribution in [0.1, 0.15) is 46.0 Å². The molecule has 0 radical (unpaired) electrons. The molecular weight excluding hydrogens is 414 g/mol. The van der Waals surface area contributed by atoms with E-state index >= 15 is 0 Å². The van der Waals surface area contributed by atoms with E-state index in [2.05, 4.69) is 16.0 Å². The standard InChI is InChI=1S/C18H31N5O8/c1-9(2)7-10(19)16(28)23-11(3-5-13(20)24)17(29)21-8-14(25)22-12(18(30)31)4-6-15(26)27/h9-12H,3-8,19H2,1-2H3,(H2,20,24)(H,21,29)(H,22,25)(H,23,28)(H,26,27)(H,30,31)/t10-,11-,12-/m0/s1. The summed E-state index contributed by atoms with van der Waals surface area (Å²) < 4.78 is 0. The third-order valence-corrected chi connectivity index (χ3v) is 4.08. The van der Waals surface area contributed by atoms with Crippen LogP contribution < -0.4 is 27.4 Å². The number of aliphatic carboxylic acids is 2. The number of amides is 4. The van der Waals surface area contributed by atoms with Crippen LogP contribution >= 0.6 is 0 Å². The zero-order valence-electron chi connectivity index (χ0n) is 17.6. The summed E-state index contributed by atoms with van der Waals surface area (Å²) in [6.07, 6.45) is -0.776. The normalized spacial score (nSPS) is 13.5. The fourth-order valence-corrected chi connectivity index (χ4v) is 2.51. The molecule has 3 atom stereocenters. The van der Waals surface area contributed by atoms with E-state index < -0.39 is 66.7 Å². The highest BCUT2D eigenvalue weighted by molar-refractivity contribution is 5.93. The molecule has 31 heavy (non-hydrogen) atoms. The highest BCUT2D eigenvalue weighted by atomic mass is 16.4. The van der Waals surface area contributed by atoms with Crippen molar-refractivity contribution in [3.8, 4) is 0 Å². The smallest absolute Gasteiger partial charge is 0.326 e. The predicted molar refractivity (Wildman–Crippen MR) is 107 cm³/mol. The summed E-state index contributed by atoms with van der Waals surface area (Å²) in [5.41, 5.74) is 10.9. The number of carboxylic acid groups (broad SMARTS) is 2. The van der Waals surface area contributed by atoms with Crippen LogP contribution in [-0.4, -0.2) is 70.5 Å². The second-order valence-corrected chi connectivity index (χ2v) is 7.41. The Morgan fingerprint density at radius 3 is 1.94 bits per heavy atom. The molecule has 0 aliphatic heterocycles. The first-order valence-corrected chi connectivity index (χ1v) is 9.69. The van der Waals surface area contributed by atoms with Gasteiger partial charge in [0.25, 0.3) is 0 Å². The van der Waals surface area contributed by atoms with E-state index in [4.69, 9.17) is 21.7 Å². The molecule has 13 heteroatoms. The van der Waals surface area contributed by atoms with Crippen molar-refractivity contribution < 1.29 is 39.0 Å². The monoisotopic (exact) mass is 445 g/mol. The highest BCUT2D eigenvalue weighted by Crippen LogP contribution is 2.05. The third kappa shape index (κ3) is 12.8. The van der Waals surface area contributed by atoms with Gasteiger partial charge in [0, 0.05) is 12.8 Å². The Kier molecular flexibility index (Phi) is 12.5. The minimum atomic E-state index is -1.44. The number of hydrogen-bond donors (Lipinski definition) is 7. The van der Waals surface area contributed by atoms with E-state index in [0.717, 1.165) is 0 Å². The maximum atomic E-state index is 12.4. The van der Waals surface area contributed by atoms with Crippen molar-refractivity contribution >= 4 is 35.6 Å². The Balaban J connectivity index is 4.90. The fraction of sp³-hybridized carbons (Fsp3) is 0.667. The van der Waals surface area contributed by atoms with E-state index in [1.807, 2.05) is 13.8 Å². The number of carboxylic acids is 2. The summed E-state index contributed by atoms with van der Waals surface area (Å²) in [7, 11) is 0. The molecule has 0 bridgehead atoms. The van der Waals surface area contributed by atoms with Crippen molar-refractivity contribution in [2.75, 3.05) is 6.54 Å². The van der Waals surface area contributed by atoms with Gasteiger partial charge in [0.1, 0.15) is 12.1 Å². The van der Waals surface area contributed by atoms with Crippen LogP contribution in [0, 0.1) is 5.92 Å². The molecule has 9 N–H and O–H groups in total. The van der Waals surface area contributed by atoms with E-state index in [0.29, 0.717) is 6.42 Å². The minimum Gasteiger partial charge on any atom is -0.481 e. The van der Waals surface area contributed by atoms with Crippen LogP contribution in [-0.2, 0) is 28.8 Å². The maximum Gasteiger partial charge on any atom is 0.326 e. The van der Waals surface area contributed by atoms with Gasteiger partial charge in [-0.05, 0) is 25.2 Å². The van der Waals surface area contributed by atoms with Gasteiger partial charge in [-0.15, -0.1) is 0 Å². The Bertz CT molecular complexity index is 682. The molecule has 0 aromatic carbocycles. The summed E-state index contributed by atoms with van der Waals surface area (Å²) in [5, 5.41) is 24.4. The van der Waals surface area contributed by atoms with Crippen molar-refractivity contribution in [3.05, 3.63) is 0 Å². The topological polar surface area (TPSA) is 231 Å². The average molecular weight is 445 g/mol. The van der Waals surface area contributed by atoms with Gasteiger partial charge in [-0.2, -0.15) is 0 Å². The first-order valence-electron chi connectivity index (χ1n) is 9.69. The van der Waals surface area contributed by atoms with Gasteiger partial charge < -0.3 is 37.6 Å². The van der Waals surface area contributed by atoms with Crippen LogP contribution in [0.3, 0.4) is 0 Å². The van der Waals surface area contributed by atoms with Gasteiger partial charge in [0.15, 0.2) is 0 Å². The summed E-state index contributed by atoms with van der Waals surface area (Å²) in [5.74, 6) is -5.49. The molecule has 0 heterocycles. The highest BCUT2D eigenvalue weighted by Gasteiger charge is 2.26. The van der Waals surface area contributed by atoms with Crippen LogP contribution in [0.25, 0.3) is 0 Å². The molecular formula is C18H31N5O8.